The molecule has 7 nitrogen and oxygen atoms in total. The van der Waals surface area contributed by atoms with Crippen LogP contribution in [0.25, 0.3) is 0 Å². The van der Waals surface area contributed by atoms with Crippen LogP contribution in [0.5, 0.6) is 0 Å². The summed E-state index contributed by atoms with van der Waals surface area (Å²) in [7, 11) is 2.23. The third-order valence-electron chi connectivity index (χ3n) is 4.91. The molecule has 0 spiro atoms. The number of piperazine rings is 1. The Balaban J connectivity index is 1.82. The average Bonchev–Trinajstić information content (AvgIpc) is 2.66. The zero-order valence-electron chi connectivity index (χ0n) is 18.2. The molecular weight excluding hydrogens is 518 g/mol. The molecule has 1 aliphatic heterocycles. The molecule has 0 aliphatic carbocycles. The second-order valence-electron chi connectivity index (χ2n) is 8.92. The topological polar surface area (TPSA) is 67.9 Å². The van der Waals surface area contributed by atoms with Gasteiger partial charge in [0.05, 0.1) is 33.2 Å². The number of ether oxygens (including phenoxy) is 1. The number of nitrogens with one attached hydrogen (secondary N) is 1. The number of amides is 2. The zero-order chi connectivity index (χ0) is 22.4. The van der Waals surface area contributed by atoms with E-state index in [9.17, 15) is 9.59 Å². The van der Waals surface area contributed by atoms with Gasteiger partial charge in [-0.15, -0.1) is 0 Å². The highest BCUT2D eigenvalue weighted by molar-refractivity contribution is 9.08. The summed E-state index contributed by atoms with van der Waals surface area (Å²) in [6.45, 7) is 9.07. The number of hydrogen-bond donors (Lipinski definition) is 1. The van der Waals surface area contributed by atoms with E-state index >= 15 is 0 Å². The lowest BCUT2D eigenvalue weighted by Gasteiger charge is -2.42. The Morgan fingerprint density at radius 3 is 2.10 bits per heavy atom. The fraction of sp³-hybridized carbons (Fsp3) is 0.619. The summed E-state index contributed by atoms with van der Waals surface area (Å²) in [6.07, 6.45) is -0.702. The smallest absolute Gasteiger partial charge is 0.431 e. The van der Waals surface area contributed by atoms with Crippen LogP contribution in [0.3, 0.4) is 0 Å². The largest absolute Gasteiger partial charge is 0.442 e. The first-order valence-electron chi connectivity index (χ1n) is 9.99. The molecule has 1 heterocycles. The molecule has 0 unspecified atom stereocenters. The highest BCUT2D eigenvalue weighted by Crippen LogP contribution is 2.21. The van der Waals surface area contributed by atoms with Crippen molar-refractivity contribution in [2.75, 3.05) is 39.8 Å². The van der Waals surface area contributed by atoms with Crippen molar-refractivity contribution >= 4 is 43.9 Å². The van der Waals surface area contributed by atoms with E-state index in [0.717, 1.165) is 34.8 Å². The molecule has 0 aromatic heterocycles. The third kappa shape index (κ3) is 8.17. The summed E-state index contributed by atoms with van der Waals surface area (Å²) in [4.78, 5) is 30.8. The van der Waals surface area contributed by atoms with Crippen LogP contribution in [0.1, 0.15) is 37.5 Å². The van der Waals surface area contributed by atoms with Crippen molar-refractivity contribution in [2.24, 2.45) is 0 Å². The third-order valence-corrected chi connectivity index (χ3v) is 6.20. The minimum Gasteiger partial charge on any atom is -0.442 e. The van der Waals surface area contributed by atoms with Crippen molar-refractivity contribution in [3.05, 3.63) is 34.9 Å². The minimum absolute atomic E-state index is 0.139. The fourth-order valence-corrected chi connectivity index (χ4v) is 4.08. The van der Waals surface area contributed by atoms with E-state index in [1.807, 2.05) is 0 Å². The number of quaternary nitrogens is 1. The lowest BCUT2D eigenvalue weighted by molar-refractivity contribution is -0.926. The van der Waals surface area contributed by atoms with Gasteiger partial charge < -0.3 is 14.1 Å². The van der Waals surface area contributed by atoms with Gasteiger partial charge in [0.25, 0.3) is 5.91 Å². The van der Waals surface area contributed by atoms with E-state index in [0.29, 0.717) is 13.1 Å². The van der Waals surface area contributed by atoms with Gasteiger partial charge in [0.15, 0.2) is 6.61 Å². The average molecular weight is 550 g/mol. The Kier molecular flexibility index (Phi) is 9.14. The number of halogens is 2. The number of rotatable bonds is 7. The van der Waals surface area contributed by atoms with E-state index in [4.69, 9.17) is 9.57 Å². The van der Waals surface area contributed by atoms with Crippen molar-refractivity contribution in [3.63, 3.8) is 0 Å². The summed E-state index contributed by atoms with van der Waals surface area (Å²) < 4.78 is 5.96. The predicted molar refractivity (Wildman–Crippen MR) is 123 cm³/mol. The number of likely N-dealkylation sites (N-methyl/N-ethyl adjacent to an activating group) is 1. The van der Waals surface area contributed by atoms with Crippen LogP contribution in [0.15, 0.2) is 18.2 Å². The van der Waals surface area contributed by atoms with E-state index < -0.39 is 11.7 Å². The van der Waals surface area contributed by atoms with Crippen molar-refractivity contribution in [3.8, 4) is 0 Å². The number of benzene rings is 1. The molecular formula is C21H32Br2N3O4+. The maximum Gasteiger partial charge on any atom is 0.431 e. The normalized spacial score (nSPS) is 16.3. The van der Waals surface area contributed by atoms with Crippen LogP contribution in [0.2, 0.25) is 0 Å². The summed E-state index contributed by atoms with van der Waals surface area (Å²) >= 11 is 7.10. The molecule has 0 bridgehead atoms. The molecule has 1 aliphatic rings. The zero-order valence-corrected chi connectivity index (χ0v) is 21.3. The first kappa shape index (κ1) is 25.1. The summed E-state index contributed by atoms with van der Waals surface area (Å²) in [5, 5.41) is 1.67. The Morgan fingerprint density at radius 2 is 1.60 bits per heavy atom. The number of hydroxylamine groups is 1. The van der Waals surface area contributed by atoms with Crippen LogP contribution in [0.4, 0.5) is 4.79 Å². The van der Waals surface area contributed by atoms with Crippen molar-refractivity contribution in [1.29, 1.82) is 0 Å². The maximum atomic E-state index is 12.4. The van der Waals surface area contributed by atoms with Gasteiger partial charge in [0.1, 0.15) is 12.1 Å². The van der Waals surface area contributed by atoms with E-state index in [-0.39, 0.29) is 12.5 Å². The fourth-order valence-electron chi connectivity index (χ4n) is 3.43. The molecule has 1 aromatic carbocycles. The molecule has 0 saturated carbocycles. The van der Waals surface area contributed by atoms with Gasteiger partial charge >= 0.3 is 6.09 Å². The van der Waals surface area contributed by atoms with Gasteiger partial charge in [-0.05, 0) is 44.0 Å². The number of nitrogens with zero attached hydrogens (tertiary/aromatic N) is 2. The quantitative estimate of drug-likeness (QED) is 0.320. The lowest BCUT2D eigenvalue weighted by atomic mass is 10.1. The Hall–Kier alpha value is -1.16. The van der Waals surface area contributed by atoms with Crippen LogP contribution in [-0.2, 0) is 31.6 Å². The van der Waals surface area contributed by atoms with Gasteiger partial charge in [-0.25, -0.2) is 4.79 Å². The van der Waals surface area contributed by atoms with E-state index in [1.165, 1.54) is 16.7 Å². The highest BCUT2D eigenvalue weighted by Gasteiger charge is 2.31. The molecule has 1 saturated heterocycles. The second kappa shape index (κ2) is 10.9. The minimum atomic E-state index is -0.702. The first-order valence-corrected chi connectivity index (χ1v) is 12.2. The molecule has 2 amide bonds. The van der Waals surface area contributed by atoms with Crippen LogP contribution < -0.4 is 5.48 Å². The summed E-state index contributed by atoms with van der Waals surface area (Å²) in [6, 6.07) is 6.70. The van der Waals surface area contributed by atoms with Crippen LogP contribution >= 0.6 is 31.9 Å². The number of carbonyl (C=O) groups is 2. The van der Waals surface area contributed by atoms with Gasteiger partial charge in [-0.3, -0.25) is 9.63 Å². The molecule has 1 N–H and O–H groups in total. The van der Waals surface area contributed by atoms with Crippen LogP contribution in [0, 0.1) is 0 Å². The number of alkyl halides is 2. The van der Waals surface area contributed by atoms with Crippen molar-refractivity contribution in [1.82, 2.24) is 10.4 Å². The van der Waals surface area contributed by atoms with Gasteiger partial charge in [-0.2, -0.15) is 5.48 Å². The van der Waals surface area contributed by atoms with Gasteiger partial charge in [0.2, 0.25) is 0 Å². The Bertz CT molecular complexity index is 722. The Labute approximate surface area is 195 Å². The lowest BCUT2D eigenvalue weighted by Crippen LogP contribution is -2.58. The van der Waals surface area contributed by atoms with E-state index in [2.05, 4.69) is 62.6 Å². The molecule has 9 heteroatoms. The van der Waals surface area contributed by atoms with Crippen molar-refractivity contribution in [2.45, 2.75) is 43.6 Å². The maximum absolute atomic E-state index is 12.4. The standard InChI is InChI=1S/C21H31Br2N3O4/c1-21(2,3)30-20(28)24-29-15-19(27)25-5-7-26(4,8-6-25)14-18-10-16(12-22)9-17(11-18)13-23/h9-11H,5-8,12-15H2,1-4H3/p+1. The van der Waals surface area contributed by atoms with E-state index in [1.54, 1.807) is 25.7 Å². The van der Waals surface area contributed by atoms with Crippen molar-refractivity contribution < 1.29 is 23.6 Å². The molecule has 2 rings (SSSR count). The van der Waals surface area contributed by atoms with Gasteiger partial charge in [0, 0.05) is 16.2 Å². The highest BCUT2D eigenvalue weighted by atomic mass is 79.9. The number of hydrogen-bond acceptors (Lipinski definition) is 4. The summed E-state index contributed by atoms with van der Waals surface area (Å²) in [5.41, 5.74) is 5.41. The van der Waals surface area contributed by atoms with Gasteiger partial charge in [-0.1, -0.05) is 37.9 Å². The molecule has 0 radical (unpaired) electrons. The number of carbonyl (C=O) groups excluding carboxylic acids is 2. The monoisotopic (exact) mass is 548 g/mol. The molecule has 1 fully saturated rings. The molecule has 30 heavy (non-hydrogen) atoms. The molecule has 168 valence electrons. The van der Waals surface area contributed by atoms with Crippen LogP contribution in [-0.4, -0.2) is 66.8 Å². The Morgan fingerprint density at radius 1 is 1.07 bits per heavy atom. The second-order valence-corrected chi connectivity index (χ2v) is 10.0. The molecule has 1 aromatic rings. The summed E-state index contributed by atoms with van der Waals surface area (Å²) in [5.74, 6) is -0.139. The molecule has 0 atom stereocenters. The SMILES string of the molecule is CC(C)(C)OC(=O)NOCC(=O)N1CC[N+](C)(Cc2cc(CBr)cc(CBr)c2)CC1. The predicted octanol–water partition coefficient (Wildman–Crippen LogP) is 3.72. The first-order chi connectivity index (χ1) is 14.0.